The Bertz CT molecular complexity index is 775. The number of benzene rings is 2. The molecular formula is C20H25N3O3. The lowest BCUT2D eigenvalue weighted by Gasteiger charge is -2.12. The molecule has 0 aromatic heterocycles. The Labute approximate surface area is 153 Å². The molecule has 0 saturated carbocycles. The standard InChI is InChI=1S/C20H25N3O3/c1-14-6-5-9-18(15(14)2)26-13-10-19(24)23-17-8-4-3-7-16(17)20(25)22-12-11-21/h3-9H,10-13,21H2,1-2H3,(H,22,25)(H,23,24). The second kappa shape index (κ2) is 9.58. The van der Waals surface area contributed by atoms with Gasteiger partial charge in [0.2, 0.25) is 5.91 Å². The molecule has 2 rings (SSSR count). The minimum absolute atomic E-state index is 0.187. The number of carbonyl (C=O) groups is 2. The molecule has 0 heterocycles. The van der Waals surface area contributed by atoms with Crippen molar-refractivity contribution < 1.29 is 14.3 Å². The average molecular weight is 355 g/mol. The zero-order valence-corrected chi connectivity index (χ0v) is 15.2. The molecule has 4 N–H and O–H groups in total. The van der Waals surface area contributed by atoms with Gasteiger partial charge in [-0.05, 0) is 43.2 Å². The first-order valence-electron chi connectivity index (χ1n) is 8.59. The molecule has 0 bridgehead atoms. The largest absolute Gasteiger partial charge is 0.493 e. The van der Waals surface area contributed by atoms with E-state index in [0.29, 0.717) is 24.3 Å². The van der Waals surface area contributed by atoms with E-state index in [0.717, 1.165) is 16.9 Å². The highest BCUT2D eigenvalue weighted by Crippen LogP contribution is 2.21. The molecule has 0 fully saturated rings. The molecule has 0 saturated heterocycles. The number of para-hydroxylation sites is 1. The molecule has 0 spiro atoms. The Morgan fingerprint density at radius 3 is 2.62 bits per heavy atom. The molecule has 0 unspecified atom stereocenters. The van der Waals surface area contributed by atoms with Crippen molar-refractivity contribution >= 4 is 17.5 Å². The third-order valence-electron chi connectivity index (χ3n) is 4.02. The maximum Gasteiger partial charge on any atom is 0.253 e. The van der Waals surface area contributed by atoms with Crippen LogP contribution in [0.15, 0.2) is 42.5 Å². The molecule has 0 radical (unpaired) electrons. The number of hydrogen-bond donors (Lipinski definition) is 3. The van der Waals surface area contributed by atoms with Crippen LogP contribution >= 0.6 is 0 Å². The van der Waals surface area contributed by atoms with Crippen LogP contribution in [0.2, 0.25) is 0 Å². The van der Waals surface area contributed by atoms with Crippen LogP contribution in [0.5, 0.6) is 5.75 Å². The number of aryl methyl sites for hydroxylation is 1. The van der Waals surface area contributed by atoms with Gasteiger partial charge in [0, 0.05) is 13.1 Å². The number of carbonyl (C=O) groups excluding carboxylic acids is 2. The third-order valence-corrected chi connectivity index (χ3v) is 4.02. The van der Waals surface area contributed by atoms with Gasteiger partial charge in [-0.3, -0.25) is 9.59 Å². The number of nitrogens with two attached hydrogens (primary N) is 1. The van der Waals surface area contributed by atoms with Crippen LogP contribution in [0, 0.1) is 13.8 Å². The minimum Gasteiger partial charge on any atom is -0.493 e. The Morgan fingerprint density at radius 1 is 1.08 bits per heavy atom. The Hall–Kier alpha value is -2.86. The van der Waals surface area contributed by atoms with E-state index in [9.17, 15) is 9.59 Å². The summed E-state index contributed by atoms with van der Waals surface area (Å²) in [5.41, 5.74) is 8.48. The molecule has 6 nitrogen and oxygen atoms in total. The SMILES string of the molecule is Cc1cccc(OCCC(=O)Nc2ccccc2C(=O)NCCN)c1C. The number of rotatable bonds is 8. The van der Waals surface area contributed by atoms with Gasteiger partial charge in [-0.2, -0.15) is 0 Å². The minimum atomic E-state index is -0.266. The summed E-state index contributed by atoms with van der Waals surface area (Å²) in [6.45, 7) is 5.00. The first-order chi connectivity index (χ1) is 12.5. The predicted molar refractivity (Wildman–Crippen MR) is 102 cm³/mol. The van der Waals surface area contributed by atoms with Crippen molar-refractivity contribution in [2.24, 2.45) is 5.73 Å². The highest BCUT2D eigenvalue weighted by atomic mass is 16.5. The van der Waals surface area contributed by atoms with Gasteiger partial charge in [0.25, 0.3) is 5.91 Å². The van der Waals surface area contributed by atoms with Gasteiger partial charge in [0.15, 0.2) is 0 Å². The van der Waals surface area contributed by atoms with E-state index in [4.69, 9.17) is 10.5 Å². The van der Waals surface area contributed by atoms with Crippen molar-refractivity contribution in [2.75, 3.05) is 25.0 Å². The highest BCUT2D eigenvalue weighted by molar-refractivity contribution is 6.03. The predicted octanol–water partition coefficient (Wildman–Crippen LogP) is 2.40. The van der Waals surface area contributed by atoms with Gasteiger partial charge in [0.05, 0.1) is 24.3 Å². The summed E-state index contributed by atoms with van der Waals surface area (Å²) in [4.78, 5) is 24.3. The summed E-state index contributed by atoms with van der Waals surface area (Å²) in [6.07, 6.45) is 0.187. The van der Waals surface area contributed by atoms with Gasteiger partial charge in [-0.25, -0.2) is 0 Å². The van der Waals surface area contributed by atoms with Crippen molar-refractivity contribution in [3.63, 3.8) is 0 Å². The molecule has 0 aliphatic heterocycles. The third kappa shape index (κ3) is 5.32. The number of hydrogen-bond acceptors (Lipinski definition) is 4. The van der Waals surface area contributed by atoms with E-state index in [-0.39, 0.29) is 24.8 Å². The van der Waals surface area contributed by atoms with Crippen LogP contribution in [0.3, 0.4) is 0 Å². The monoisotopic (exact) mass is 355 g/mol. The van der Waals surface area contributed by atoms with Crippen molar-refractivity contribution in [1.29, 1.82) is 0 Å². The maximum absolute atomic E-state index is 12.2. The van der Waals surface area contributed by atoms with Gasteiger partial charge in [-0.15, -0.1) is 0 Å². The summed E-state index contributed by atoms with van der Waals surface area (Å²) in [6, 6.07) is 12.7. The van der Waals surface area contributed by atoms with E-state index in [1.54, 1.807) is 24.3 Å². The molecule has 0 atom stereocenters. The molecule has 138 valence electrons. The molecular weight excluding hydrogens is 330 g/mol. The Balaban J connectivity index is 1.92. The lowest BCUT2D eigenvalue weighted by Crippen LogP contribution is -2.30. The van der Waals surface area contributed by atoms with Crippen LogP contribution in [0.1, 0.15) is 27.9 Å². The second-order valence-corrected chi connectivity index (χ2v) is 5.93. The first kappa shape index (κ1) is 19.5. The lowest BCUT2D eigenvalue weighted by atomic mass is 10.1. The molecule has 2 amide bonds. The Kier molecular flexibility index (Phi) is 7.17. The zero-order chi connectivity index (χ0) is 18.9. The lowest BCUT2D eigenvalue weighted by molar-refractivity contribution is -0.116. The van der Waals surface area contributed by atoms with Crippen molar-refractivity contribution in [1.82, 2.24) is 5.32 Å². The fraction of sp³-hybridized carbons (Fsp3) is 0.300. The summed E-state index contributed by atoms with van der Waals surface area (Å²) >= 11 is 0. The summed E-state index contributed by atoms with van der Waals surface area (Å²) < 4.78 is 5.70. The highest BCUT2D eigenvalue weighted by Gasteiger charge is 2.12. The molecule has 2 aromatic carbocycles. The van der Waals surface area contributed by atoms with Crippen molar-refractivity contribution in [3.8, 4) is 5.75 Å². The van der Waals surface area contributed by atoms with Crippen molar-refractivity contribution in [3.05, 3.63) is 59.2 Å². The number of anilines is 1. The molecule has 26 heavy (non-hydrogen) atoms. The smallest absolute Gasteiger partial charge is 0.253 e. The van der Waals surface area contributed by atoms with Crippen LogP contribution in [0.4, 0.5) is 5.69 Å². The van der Waals surface area contributed by atoms with E-state index in [1.807, 2.05) is 32.0 Å². The number of nitrogens with one attached hydrogen (secondary N) is 2. The summed E-state index contributed by atoms with van der Waals surface area (Å²) in [5, 5.41) is 5.47. The molecule has 2 aromatic rings. The van der Waals surface area contributed by atoms with E-state index >= 15 is 0 Å². The fourth-order valence-corrected chi connectivity index (χ4v) is 2.42. The van der Waals surface area contributed by atoms with Crippen LogP contribution in [-0.2, 0) is 4.79 Å². The normalized spacial score (nSPS) is 10.3. The maximum atomic E-state index is 12.2. The average Bonchev–Trinajstić information content (AvgIpc) is 2.63. The number of ether oxygens (including phenoxy) is 1. The van der Waals surface area contributed by atoms with Crippen LogP contribution in [-0.4, -0.2) is 31.5 Å². The van der Waals surface area contributed by atoms with Gasteiger partial charge in [0.1, 0.15) is 5.75 Å². The zero-order valence-electron chi connectivity index (χ0n) is 15.2. The second-order valence-electron chi connectivity index (χ2n) is 5.93. The Morgan fingerprint density at radius 2 is 1.85 bits per heavy atom. The van der Waals surface area contributed by atoms with Crippen LogP contribution < -0.4 is 21.1 Å². The van der Waals surface area contributed by atoms with E-state index in [1.165, 1.54) is 0 Å². The summed E-state index contributed by atoms with van der Waals surface area (Å²) in [7, 11) is 0. The number of amides is 2. The first-order valence-corrected chi connectivity index (χ1v) is 8.59. The fourth-order valence-electron chi connectivity index (χ4n) is 2.42. The van der Waals surface area contributed by atoms with E-state index < -0.39 is 0 Å². The van der Waals surface area contributed by atoms with Crippen LogP contribution in [0.25, 0.3) is 0 Å². The van der Waals surface area contributed by atoms with E-state index in [2.05, 4.69) is 10.6 Å². The van der Waals surface area contributed by atoms with Gasteiger partial charge < -0.3 is 21.1 Å². The quantitative estimate of drug-likeness (QED) is 0.678. The topological polar surface area (TPSA) is 93.4 Å². The molecule has 6 heteroatoms. The summed E-state index contributed by atoms with van der Waals surface area (Å²) in [5.74, 6) is 0.298. The molecule has 0 aliphatic rings. The van der Waals surface area contributed by atoms with Gasteiger partial charge >= 0.3 is 0 Å². The molecule has 0 aliphatic carbocycles. The van der Waals surface area contributed by atoms with Gasteiger partial charge in [-0.1, -0.05) is 24.3 Å². The van der Waals surface area contributed by atoms with Crippen molar-refractivity contribution in [2.45, 2.75) is 20.3 Å².